The van der Waals surface area contributed by atoms with Gasteiger partial charge in [-0.05, 0) is 61.4 Å². The predicted octanol–water partition coefficient (Wildman–Crippen LogP) is 6.64. The number of hydrogen-bond acceptors (Lipinski definition) is 5. The quantitative estimate of drug-likeness (QED) is 0.261. The van der Waals surface area contributed by atoms with Crippen molar-refractivity contribution in [3.63, 3.8) is 0 Å². The number of carboxylic acid groups (broad SMARTS) is 1. The minimum Gasteiger partial charge on any atom is -0.475 e. The van der Waals surface area contributed by atoms with E-state index in [1.807, 2.05) is 0 Å². The van der Waals surface area contributed by atoms with E-state index < -0.39 is 47.0 Å². The van der Waals surface area contributed by atoms with Crippen molar-refractivity contribution < 1.29 is 42.2 Å². The highest BCUT2D eigenvalue weighted by Gasteiger charge is 2.66. The number of anilines is 1. The Hall–Kier alpha value is -2.73. The molecule has 1 spiro atoms. The first-order valence-electron chi connectivity index (χ1n) is 13.5. The summed E-state index contributed by atoms with van der Waals surface area (Å²) in [5.74, 6) is -4.75. The molecule has 4 N–H and O–H groups in total. The van der Waals surface area contributed by atoms with Crippen molar-refractivity contribution in [2.75, 3.05) is 5.32 Å². The molecule has 4 atom stereocenters. The van der Waals surface area contributed by atoms with Crippen molar-refractivity contribution in [1.82, 2.24) is 5.32 Å². The fourth-order valence-electron chi connectivity index (χ4n) is 5.79. The summed E-state index contributed by atoms with van der Waals surface area (Å²) >= 11 is 12.5. The molecule has 1 amide bonds. The van der Waals surface area contributed by atoms with E-state index in [9.17, 15) is 27.9 Å². The van der Waals surface area contributed by atoms with Crippen LogP contribution in [0.5, 0.6) is 0 Å². The summed E-state index contributed by atoms with van der Waals surface area (Å²) in [6, 6.07) is 8.56. The Balaban J connectivity index is 0.000000646. The number of Topliss-reactive ketones (excluding diaryl/α,β-unsaturated/α-hetero) is 1. The van der Waals surface area contributed by atoms with Crippen molar-refractivity contribution in [2.24, 2.45) is 5.41 Å². The summed E-state index contributed by atoms with van der Waals surface area (Å²) in [6.45, 7) is 9.48. The number of hydrogen-bond donors (Lipinski definition) is 4. The summed E-state index contributed by atoms with van der Waals surface area (Å²) in [4.78, 5) is 36.6. The van der Waals surface area contributed by atoms with E-state index in [0.717, 1.165) is 0 Å². The average Bonchev–Trinajstić information content (AvgIpc) is 3.32. The second-order valence-corrected chi connectivity index (χ2v) is 13.5. The molecular formula is C30H34Cl2F4N2O5. The maximum atomic E-state index is 15.7. The van der Waals surface area contributed by atoms with Gasteiger partial charge in [0.15, 0.2) is 5.78 Å². The number of aliphatic carboxylic acids is 1. The number of ketones is 1. The van der Waals surface area contributed by atoms with Gasteiger partial charge in [-0.15, -0.1) is 0 Å². The highest BCUT2D eigenvalue weighted by atomic mass is 35.5. The van der Waals surface area contributed by atoms with Gasteiger partial charge in [0.05, 0.1) is 16.7 Å². The number of amides is 1. The first-order chi connectivity index (χ1) is 19.6. The standard InChI is InChI=1S/C28H33Cl2FN2O3.C2HF3O2/c1-26(2,3)14-21-28(17-10-9-15(29)13-19(17)32-25(28)35)22(16-7-6-8-18(30)23(16)31)24(33-21)20(34)11-12-27(4,5)36;3-2(4,5)1(6)7/h6-10,13,21-22,24,33,36H,11-12,14H2,1-5H3,(H,32,35);(H,6,7)/t21-,22+,24+,28+;/m1./s1. The van der Waals surface area contributed by atoms with E-state index in [1.54, 1.807) is 44.2 Å². The molecule has 43 heavy (non-hydrogen) atoms. The van der Waals surface area contributed by atoms with Crippen molar-refractivity contribution >= 4 is 46.5 Å². The van der Waals surface area contributed by atoms with Crippen LogP contribution in [0.25, 0.3) is 0 Å². The van der Waals surface area contributed by atoms with Crippen LogP contribution in [0.4, 0.5) is 23.2 Å². The minimum atomic E-state index is -5.08. The highest BCUT2D eigenvalue weighted by Crippen LogP contribution is 2.57. The van der Waals surface area contributed by atoms with E-state index in [-0.39, 0.29) is 40.5 Å². The average molecular weight is 650 g/mol. The number of carboxylic acids is 1. The van der Waals surface area contributed by atoms with Crippen LogP contribution in [-0.4, -0.2) is 51.7 Å². The van der Waals surface area contributed by atoms with Crippen LogP contribution in [0, 0.1) is 11.2 Å². The third-order valence-corrected chi connectivity index (χ3v) is 8.04. The van der Waals surface area contributed by atoms with E-state index in [4.69, 9.17) is 33.1 Å². The summed E-state index contributed by atoms with van der Waals surface area (Å²) in [7, 11) is 0. The maximum absolute atomic E-state index is 15.7. The summed E-state index contributed by atoms with van der Waals surface area (Å²) < 4.78 is 47.4. The SMILES string of the molecule is CC(C)(C)C[C@H]1N[C@@H](C(=O)CCC(C)(C)O)[C@H](c2cccc(Cl)c2F)[C@@]12C(=O)Nc1cc(Cl)ccc12.O=C(O)C(F)(F)F. The van der Waals surface area contributed by atoms with Gasteiger partial charge in [0, 0.05) is 29.1 Å². The van der Waals surface area contributed by atoms with Gasteiger partial charge in [-0.2, -0.15) is 13.2 Å². The molecule has 0 aromatic heterocycles. The largest absolute Gasteiger partial charge is 0.490 e. The monoisotopic (exact) mass is 648 g/mol. The molecule has 7 nitrogen and oxygen atoms in total. The van der Waals surface area contributed by atoms with Gasteiger partial charge in [0.1, 0.15) is 11.2 Å². The number of aliphatic hydroxyl groups is 1. The molecule has 13 heteroatoms. The topological polar surface area (TPSA) is 116 Å². The smallest absolute Gasteiger partial charge is 0.475 e. The van der Waals surface area contributed by atoms with Gasteiger partial charge in [-0.25, -0.2) is 9.18 Å². The Labute approximate surface area is 256 Å². The van der Waals surface area contributed by atoms with Crippen molar-refractivity contribution in [3.05, 3.63) is 63.4 Å². The molecule has 0 saturated carbocycles. The first-order valence-corrected chi connectivity index (χ1v) is 14.2. The minimum absolute atomic E-state index is 0.0700. The van der Waals surface area contributed by atoms with Gasteiger partial charge in [0.2, 0.25) is 5.91 Å². The van der Waals surface area contributed by atoms with Gasteiger partial charge in [-0.3, -0.25) is 9.59 Å². The molecule has 2 heterocycles. The van der Waals surface area contributed by atoms with Crippen LogP contribution in [0.3, 0.4) is 0 Å². The molecule has 0 bridgehead atoms. The molecule has 0 aliphatic carbocycles. The van der Waals surface area contributed by atoms with Gasteiger partial charge < -0.3 is 20.8 Å². The second-order valence-electron chi connectivity index (χ2n) is 12.7. The van der Waals surface area contributed by atoms with Crippen molar-refractivity contribution in [3.8, 4) is 0 Å². The van der Waals surface area contributed by atoms with Gasteiger partial charge >= 0.3 is 12.1 Å². The normalized spacial score (nSPS) is 23.4. The molecule has 2 aromatic carbocycles. The number of carbonyl (C=O) groups is 3. The van der Waals surface area contributed by atoms with E-state index in [2.05, 4.69) is 31.4 Å². The highest BCUT2D eigenvalue weighted by molar-refractivity contribution is 6.31. The Kier molecular flexibility index (Phi) is 9.97. The molecular weight excluding hydrogens is 615 g/mol. The number of benzene rings is 2. The number of fused-ring (bicyclic) bond motifs is 2. The third-order valence-electron chi connectivity index (χ3n) is 7.51. The Morgan fingerprint density at radius 3 is 2.19 bits per heavy atom. The summed E-state index contributed by atoms with van der Waals surface area (Å²) in [5, 5.41) is 24.2. The summed E-state index contributed by atoms with van der Waals surface area (Å²) in [6.07, 6.45) is -4.21. The fraction of sp³-hybridized carbons (Fsp3) is 0.500. The van der Waals surface area contributed by atoms with Gasteiger partial charge in [0.25, 0.3) is 0 Å². The lowest BCUT2D eigenvalue weighted by Crippen LogP contribution is -2.49. The number of alkyl halides is 3. The number of rotatable bonds is 6. The van der Waals surface area contributed by atoms with Crippen LogP contribution in [-0.2, 0) is 19.8 Å². The summed E-state index contributed by atoms with van der Waals surface area (Å²) in [5.41, 5.74) is -1.06. The lowest BCUT2D eigenvalue weighted by Gasteiger charge is -2.37. The second kappa shape index (κ2) is 12.3. The number of carbonyl (C=O) groups excluding carboxylic acids is 2. The maximum Gasteiger partial charge on any atom is 0.490 e. The Morgan fingerprint density at radius 1 is 1.05 bits per heavy atom. The van der Waals surface area contributed by atoms with Crippen molar-refractivity contribution in [2.45, 2.75) is 89.1 Å². The van der Waals surface area contributed by atoms with Crippen LogP contribution in [0.2, 0.25) is 10.0 Å². The predicted molar refractivity (Wildman–Crippen MR) is 155 cm³/mol. The van der Waals surface area contributed by atoms with Gasteiger partial charge in [-0.1, -0.05) is 62.2 Å². The van der Waals surface area contributed by atoms with E-state index in [0.29, 0.717) is 22.7 Å². The molecule has 2 aliphatic rings. The number of nitrogens with one attached hydrogen (secondary N) is 2. The number of halogens is 6. The van der Waals surface area contributed by atoms with Crippen molar-refractivity contribution in [1.29, 1.82) is 0 Å². The Morgan fingerprint density at radius 2 is 1.65 bits per heavy atom. The lowest BCUT2D eigenvalue weighted by molar-refractivity contribution is -0.192. The molecule has 4 rings (SSSR count). The molecule has 2 aromatic rings. The zero-order valence-electron chi connectivity index (χ0n) is 24.2. The lowest BCUT2D eigenvalue weighted by atomic mass is 9.62. The fourth-order valence-corrected chi connectivity index (χ4v) is 6.14. The van der Waals surface area contributed by atoms with Crippen LogP contribution in [0.15, 0.2) is 36.4 Å². The first kappa shape index (κ1) is 34.8. The molecule has 1 fully saturated rings. The zero-order valence-corrected chi connectivity index (χ0v) is 25.7. The molecule has 0 radical (unpaired) electrons. The molecule has 2 aliphatic heterocycles. The molecule has 236 valence electrons. The third kappa shape index (κ3) is 7.50. The Bertz CT molecular complexity index is 1400. The molecule has 0 unspecified atom stereocenters. The van der Waals surface area contributed by atoms with E-state index >= 15 is 4.39 Å². The van der Waals surface area contributed by atoms with Crippen LogP contribution >= 0.6 is 23.2 Å². The zero-order chi connectivity index (χ0) is 32.7. The molecule has 1 saturated heterocycles. The van der Waals surface area contributed by atoms with Crippen LogP contribution in [0.1, 0.15) is 70.9 Å². The van der Waals surface area contributed by atoms with E-state index in [1.165, 1.54) is 6.07 Å². The van der Waals surface area contributed by atoms with Crippen LogP contribution < -0.4 is 10.6 Å².